The van der Waals surface area contributed by atoms with Crippen LogP contribution in [-0.4, -0.2) is 41.2 Å². The number of piperidine rings is 1. The second kappa shape index (κ2) is 8.43. The average Bonchev–Trinajstić information content (AvgIpc) is 3.25. The molecule has 0 aliphatic carbocycles. The Bertz CT molecular complexity index is 962. The zero-order valence-corrected chi connectivity index (χ0v) is 16.2. The van der Waals surface area contributed by atoms with Crippen LogP contribution in [0.1, 0.15) is 30.2 Å². The number of benzene rings is 2. The van der Waals surface area contributed by atoms with Gasteiger partial charge >= 0.3 is 0 Å². The van der Waals surface area contributed by atoms with E-state index in [0.29, 0.717) is 36.9 Å². The van der Waals surface area contributed by atoms with Crippen LogP contribution in [-0.2, 0) is 11.2 Å². The van der Waals surface area contributed by atoms with Crippen molar-refractivity contribution in [1.29, 1.82) is 0 Å². The number of ether oxygens (including phenoxy) is 1. The molecule has 0 atom stereocenters. The summed E-state index contributed by atoms with van der Waals surface area (Å²) in [5, 5.41) is 8.25. The predicted octanol–water partition coefficient (Wildman–Crippen LogP) is 3.83. The Balaban J connectivity index is 1.33. The van der Waals surface area contributed by atoms with E-state index in [4.69, 9.17) is 9.15 Å². The maximum Gasteiger partial charge on any atom is 0.247 e. The van der Waals surface area contributed by atoms with Gasteiger partial charge in [0, 0.05) is 24.6 Å². The molecule has 2 aromatic carbocycles. The van der Waals surface area contributed by atoms with Gasteiger partial charge in [0.15, 0.2) is 0 Å². The van der Waals surface area contributed by atoms with Gasteiger partial charge in [-0.2, -0.15) is 0 Å². The highest BCUT2D eigenvalue weighted by atomic mass is 19.1. The van der Waals surface area contributed by atoms with Gasteiger partial charge in [-0.15, -0.1) is 10.2 Å². The molecule has 2 heterocycles. The van der Waals surface area contributed by atoms with E-state index < -0.39 is 0 Å². The maximum absolute atomic E-state index is 13.1. The number of rotatable bonds is 5. The van der Waals surface area contributed by atoms with E-state index >= 15 is 0 Å². The van der Waals surface area contributed by atoms with Crippen molar-refractivity contribution in [1.82, 2.24) is 15.1 Å². The van der Waals surface area contributed by atoms with Crippen molar-refractivity contribution in [3.8, 4) is 17.2 Å². The van der Waals surface area contributed by atoms with Gasteiger partial charge < -0.3 is 14.1 Å². The lowest BCUT2D eigenvalue weighted by Crippen LogP contribution is -2.38. The van der Waals surface area contributed by atoms with Crippen molar-refractivity contribution < 1.29 is 18.3 Å². The maximum atomic E-state index is 13.1. The number of carbonyl (C=O) groups is 1. The summed E-state index contributed by atoms with van der Waals surface area (Å²) in [5.41, 5.74) is 1.66. The predicted molar refractivity (Wildman–Crippen MR) is 105 cm³/mol. The highest BCUT2D eigenvalue weighted by molar-refractivity contribution is 5.79. The lowest BCUT2D eigenvalue weighted by atomic mass is 9.96. The molecule has 29 heavy (non-hydrogen) atoms. The molecule has 1 fully saturated rings. The first-order valence-electron chi connectivity index (χ1n) is 9.62. The molecule has 0 unspecified atom stereocenters. The zero-order chi connectivity index (χ0) is 20.2. The summed E-state index contributed by atoms with van der Waals surface area (Å²) in [5.74, 6) is 1.68. The minimum absolute atomic E-state index is 0.117. The van der Waals surface area contributed by atoms with Gasteiger partial charge in [0.05, 0.1) is 13.5 Å². The Morgan fingerprint density at radius 3 is 2.45 bits per heavy atom. The van der Waals surface area contributed by atoms with Crippen LogP contribution in [0.5, 0.6) is 5.75 Å². The molecular weight excluding hydrogens is 373 g/mol. The summed E-state index contributed by atoms with van der Waals surface area (Å²) < 4.78 is 24.0. The molecule has 150 valence electrons. The summed E-state index contributed by atoms with van der Waals surface area (Å²) in [6, 6.07) is 13.5. The Hall–Kier alpha value is -3.22. The lowest BCUT2D eigenvalue weighted by Gasteiger charge is -2.30. The smallest absolute Gasteiger partial charge is 0.247 e. The average molecular weight is 395 g/mol. The minimum atomic E-state index is -0.305. The molecular formula is C22H22FN3O3. The van der Waals surface area contributed by atoms with E-state index in [1.54, 1.807) is 19.2 Å². The van der Waals surface area contributed by atoms with Gasteiger partial charge in [0.1, 0.15) is 11.6 Å². The number of amides is 1. The molecule has 4 rings (SSSR count). The number of likely N-dealkylation sites (tertiary alicyclic amines) is 1. The van der Waals surface area contributed by atoms with E-state index in [-0.39, 0.29) is 17.6 Å². The first kappa shape index (κ1) is 19.1. The van der Waals surface area contributed by atoms with Crippen LogP contribution in [0, 0.1) is 5.82 Å². The van der Waals surface area contributed by atoms with Crippen LogP contribution in [0.15, 0.2) is 52.9 Å². The fourth-order valence-electron chi connectivity index (χ4n) is 3.51. The quantitative estimate of drug-likeness (QED) is 0.657. The number of methoxy groups -OCH3 is 1. The monoisotopic (exact) mass is 395 g/mol. The molecule has 1 saturated heterocycles. The van der Waals surface area contributed by atoms with Crippen molar-refractivity contribution in [2.24, 2.45) is 0 Å². The second-order valence-corrected chi connectivity index (χ2v) is 7.13. The number of hydrogen-bond donors (Lipinski definition) is 0. The van der Waals surface area contributed by atoms with Crippen LogP contribution in [0.25, 0.3) is 11.5 Å². The van der Waals surface area contributed by atoms with Crippen LogP contribution in [0.2, 0.25) is 0 Å². The molecule has 1 aromatic heterocycles. The molecule has 0 bridgehead atoms. The van der Waals surface area contributed by atoms with Gasteiger partial charge in [-0.05, 0) is 54.8 Å². The normalized spacial score (nSPS) is 14.8. The first-order valence-corrected chi connectivity index (χ1v) is 9.62. The fourth-order valence-corrected chi connectivity index (χ4v) is 3.51. The summed E-state index contributed by atoms with van der Waals surface area (Å²) >= 11 is 0. The van der Waals surface area contributed by atoms with E-state index in [2.05, 4.69) is 10.2 Å². The van der Waals surface area contributed by atoms with E-state index in [1.165, 1.54) is 12.1 Å². The lowest BCUT2D eigenvalue weighted by molar-refractivity contribution is -0.131. The third-order valence-electron chi connectivity index (χ3n) is 5.24. The van der Waals surface area contributed by atoms with Gasteiger partial charge in [-0.3, -0.25) is 4.79 Å². The Kier molecular flexibility index (Phi) is 5.55. The molecule has 0 N–H and O–H groups in total. The number of halogens is 1. The number of nitrogens with zero attached hydrogens (tertiary/aromatic N) is 3. The molecule has 0 radical (unpaired) electrons. The molecule has 6 nitrogen and oxygen atoms in total. The van der Waals surface area contributed by atoms with Crippen molar-refractivity contribution in [2.75, 3.05) is 20.2 Å². The molecule has 0 saturated carbocycles. The standard InChI is InChI=1S/C22H22FN3O3/c1-28-19-8-2-15(3-9-19)14-20(27)26-12-10-17(11-13-26)22-25-24-21(29-22)16-4-6-18(23)7-5-16/h2-9,17H,10-14H2,1H3. The summed E-state index contributed by atoms with van der Waals surface area (Å²) in [7, 11) is 1.62. The Labute approximate surface area is 168 Å². The van der Waals surface area contributed by atoms with Crippen LogP contribution in [0.4, 0.5) is 4.39 Å². The molecule has 3 aromatic rings. The van der Waals surface area contributed by atoms with Gasteiger partial charge in [-0.1, -0.05) is 12.1 Å². The summed E-state index contributed by atoms with van der Waals surface area (Å²) in [6.45, 7) is 1.32. The third-order valence-corrected chi connectivity index (χ3v) is 5.24. The van der Waals surface area contributed by atoms with Crippen LogP contribution < -0.4 is 4.74 Å². The molecule has 1 amide bonds. The molecule has 1 aliphatic heterocycles. The van der Waals surface area contributed by atoms with Gasteiger partial charge in [-0.25, -0.2) is 4.39 Å². The number of carbonyl (C=O) groups excluding carboxylic acids is 1. The van der Waals surface area contributed by atoms with Crippen molar-refractivity contribution in [3.05, 3.63) is 65.8 Å². The molecule has 7 heteroatoms. The largest absolute Gasteiger partial charge is 0.497 e. The van der Waals surface area contributed by atoms with E-state index in [9.17, 15) is 9.18 Å². The first-order chi connectivity index (χ1) is 14.1. The Morgan fingerprint density at radius 2 is 1.79 bits per heavy atom. The third kappa shape index (κ3) is 4.45. The van der Waals surface area contributed by atoms with Gasteiger partial charge in [0.25, 0.3) is 0 Å². The van der Waals surface area contributed by atoms with E-state index in [0.717, 1.165) is 24.2 Å². The van der Waals surface area contributed by atoms with Crippen molar-refractivity contribution >= 4 is 5.91 Å². The second-order valence-electron chi connectivity index (χ2n) is 7.13. The minimum Gasteiger partial charge on any atom is -0.497 e. The van der Waals surface area contributed by atoms with Crippen molar-refractivity contribution in [3.63, 3.8) is 0 Å². The van der Waals surface area contributed by atoms with E-state index in [1.807, 2.05) is 29.2 Å². The number of hydrogen-bond acceptors (Lipinski definition) is 5. The Morgan fingerprint density at radius 1 is 1.10 bits per heavy atom. The topological polar surface area (TPSA) is 68.5 Å². The molecule has 1 aliphatic rings. The highest BCUT2D eigenvalue weighted by Crippen LogP contribution is 2.29. The number of aromatic nitrogens is 2. The zero-order valence-electron chi connectivity index (χ0n) is 16.2. The summed E-state index contributed by atoms with van der Waals surface area (Å²) in [4.78, 5) is 14.5. The molecule has 0 spiro atoms. The fraction of sp³-hybridized carbons (Fsp3) is 0.318. The highest BCUT2D eigenvalue weighted by Gasteiger charge is 2.27. The van der Waals surface area contributed by atoms with Crippen molar-refractivity contribution in [2.45, 2.75) is 25.2 Å². The summed E-state index contributed by atoms with van der Waals surface area (Å²) in [6.07, 6.45) is 1.93. The van der Waals surface area contributed by atoms with Crippen LogP contribution >= 0.6 is 0 Å². The van der Waals surface area contributed by atoms with Gasteiger partial charge in [0.2, 0.25) is 17.7 Å². The van der Waals surface area contributed by atoms with Crippen LogP contribution in [0.3, 0.4) is 0 Å². The SMILES string of the molecule is COc1ccc(CC(=O)N2CCC(c3nnc(-c4ccc(F)cc4)o3)CC2)cc1.